The third-order valence-electron chi connectivity index (χ3n) is 5.02. The molecule has 1 atom stereocenters. The van der Waals surface area contributed by atoms with Crippen molar-refractivity contribution in [2.24, 2.45) is 16.5 Å². The topological polar surface area (TPSA) is 227 Å². The summed E-state index contributed by atoms with van der Waals surface area (Å²) >= 11 is 0. The van der Waals surface area contributed by atoms with Crippen molar-refractivity contribution in [2.45, 2.75) is 25.3 Å². The molecule has 1 aliphatic heterocycles. The smallest absolute Gasteiger partial charge is 0.343 e. The van der Waals surface area contributed by atoms with Crippen molar-refractivity contribution in [3.8, 4) is 17.6 Å². The molecule has 0 fully saturated rings. The van der Waals surface area contributed by atoms with Crippen LogP contribution in [-0.4, -0.2) is 52.6 Å². The minimum atomic E-state index is -1.75. The van der Waals surface area contributed by atoms with Crippen LogP contribution in [0.2, 0.25) is 0 Å². The van der Waals surface area contributed by atoms with Crippen LogP contribution in [0.25, 0.3) is 0 Å². The molecule has 0 radical (unpaired) electrons. The SMILES string of the molecule is N#Cc1cc2c(c(C(=O)NC(CC(=O)O)C(=O)O)c1)OCCCc1cc(N=C(N)N)ccc1C(=O)O2. The number of nitrogens with two attached hydrogens (primary N) is 2. The first-order valence-electron chi connectivity index (χ1n) is 10.5. The van der Waals surface area contributed by atoms with Gasteiger partial charge in [0.1, 0.15) is 6.04 Å². The first-order valence-corrected chi connectivity index (χ1v) is 10.5. The van der Waals surface area contributed by atoms with Crippen LogP contribution in [0, 0.1) is 11.3 Å². The van der Waals surface area contributed by atoms with E-state index < -0.39 is 36.3 Å². The van der Waals surface area contributed by atoms with Gasteiger partial charge in [0.2, 0.25) is 0 Å². The van der Waals surface area contributed by atoms with Crippen LogP contribution < -0.4 is 26.3 Å². The Morgan fingerprint density at radius 1 is 1.19 bits per heavy atom. The number of carboxylic acids is 2. The number of rotatable bonds is 6. The Bertz CT molecular complexity index is 1310. The quantitative estimate of drug-likeness (QED) is 0.162. The van der Waals surface area contributed by atoms with Gasteiger partial charge in [-0.25, -0.2) is 14.6 Å². The van der Waals surface area contributed by atoms with E-state index in [2.05, 4.69) is 10.3 Å². The largest absolute Gasteiger partial charge is 0.489 e. The molecule has 0 saturated heterocycles. The van der Waals surface area contributed by atoms with Crippen LogP contribution in [0.5, 0.6) is 11.5 Å². The van der Waals surface area contributed by atoms with E-state index >= 15 is 0 Å². The molecule has 13 heteroatoms. The molecule has 1 aliphatic rings. The van der Waals surface area contributed by atoms with Gasteiger partial charge in [-0.05, 0) is 42.7 Å². The summed E-state index contributed by atoms with van der Waals surface area (Å²) in [5, 5.41) is 29.7. The molecule has 0 aromatic heterocycles. The van der Waals surface area contributed by atoms with Gasteiger partial charge in [-0.1, -0.05) is 0 Å². The molecule has 7 N–H and O–H groups in total. The number of guanidine groups is 1. The number of carbonyl (C=O) groups excluding carboxylic acids is 2. The Labute approximate surface area is 203 Å². The molecular weight excluding hydrogens is 474 g/mol. The molecule has 2 aromatic rings. The van der Waals surface area contributed by atoms with Crippen LogP contribution in [0.15, 0.2) is 35.3 Å². The molecule has 0 aliphatic carbocycles. The predicted molar refractivity (Wildman–Crippen MR) is 123 cm³/mol. The number of benzene rings is 2. The zero-order valence-corrected chi connectivity index (χ0v) is 18.7. The van der Waals surface area contributed by atoms with Gasteiger partial charge < -0.3 is 36.5 Å². The molecule has 3 rings (SSSR count). The third kappa shape index (κ3) is 6.06. The van der Waals surface area contributed by atoms with Crippen molar-refractivity contribution in [3.05, 3.63) is 52.6 Å². The van der Waals surface area contributed by atoms with Crippen molar-refractivity contribution in [1.82, 2.24) is 5.32 Å². The maximum absolute atomic E-state index is 13.0. The van der Waals surface area contributed by atoms with Crippen LogP contribution in [0.3, 0.4) is 0 Å². The number of esters is 1. The summed E-state index contributed by atoms with van der Waals surface area (Å²) in [6, 6.07) is 7.03. The van der Waals surface area contributed by atoms with E-state index in [9.17, 15) is 29.5 Å². The summed E-state index contributed by atoms with van der Waals surface area (Å²) in [7, 11) is 0. The number of nitrogens with one attached hydrogen (secondary N) is 1. The number of aliphatic carboxylic acids is 2. The summed E-state index contributed by atoms with van der Waals surface area (Å²) in [5.74, 6) is -5.42. The van der Waals surface area contributed by atoms with Gasteiger partial charge in [0, 0.05) is 6.07 Å². The van der Waals surface area contributed by atoms with E-state index in [4.69, 9.17) is 26.0 Å². The van der Waals surface area contributed by atoms with Crippen molar-refractivity contribution in [1.29, 1.82) is 5.26 Å². The average Bonchev–Trinajstić information content (AvgIpc) is 2.80. The summed E-state index contributed by atoms with van der Waals surface area (Å²) in [6.45, 7) is 0.0557. The second kappa shape index (κ2) is 10.9. The number of ether oxygens (including phenoxy) is 2. The normalized spacial score (nSPS) is 13.4. The number of hydrogen-bond donors (Lipinski definition) is 5. The van der Waals surface area contributed by atoms with E-state index in [0.717, 1.165) is 6.07 Å². The fourth-order valence-electron chi connectivity index (χ4n) is 3.47. The van der Waals surface area contributed by atoms with Crippen molar-refractivity contribution in [3.63, 3.8) is 0 Å². The molecule has 36 heavy (non-hydrogen) atoms. The maximum Gasteiger partial charge on any atom is 0.343 e. The minimum Gasteiger partial charge on any atom is -0.489 e. The average molecular weight is 495 g/mol. The van der Waals surface area contributed by atoms with Crippen molar-refractivity contribution in [2.75, 3.05) is 6.61 Å². The Morgan fingerprint density at radius 2 is 1.94 bits per heavy atom. The van der Waals surface area contributed by atoms with Crippen LogP contribution in [0.4, 0.5) is 5.69 Å². The first kappa shape index (κ1) is 25.5. The number of carboxylic acid groups (broad SMARTS) is 2. The van der Waals surface area contributed by atoms with Crippen molar-refractivity contribution >= 4 is 35.5 Å². The molecule has 186 valence electrons. The van der Waals surface area contributed by atoms with Gasteiger partial charge >= 0.3 is 17.9 Å². The van der Waals surface area contributed by atoms with E-state index in [1.54, 1.807) is 6.07 Å². The third-order valence-corrected chi connectivity index (χ3v) is 5.02. The Kier molecular flexibility index (Phi) is 7.70. The molecule has 1 unspecified atom stereocenters. The number of aliphatic imine (C=N–C) groups is 1. The standard InChI is InChI=1S/C23H21N5O8/c24-10-11-6-15(20(31)28-16(21(32)33)9-18(29)30)19-17(7-11)36-22(34)14-4-3-13(27-23(25)26)8-12(14)2-1-5-35-19/h3-4,6-8,16H,1-2,5,9H2,(H,28,31)(H,29,30)(H,32,33)(H4,25,26,27). The van der Waals surface area contributed by atoms with E-state index in [1.807, 2.05) is 6.07 Å². The van der Waals surface area contributed by atoms with Crippen LogP contribution in [0.1, 0.15) is 44.7 Å². The summed E-state index contributed by atoms with van der Waals surface area (Å²) in [5.41, 5.74) is 11.7. The second-order valence-corrected chi connectivity index (χ2v) is 7.64. The highest BCUT2D eigenvalue weighted by Crippen LogP contribution is 2.35. The number of fused-ring (bicyclic) bond motifs is 2. The van der Waals surface area contributed by atoms with Gasteiger partial charge in [-0.3, -0.25) is 9.59 Å². The lowest BCUT2D eigenvalue weighted by atomic mass is 10.0. The van der Waals surface area contributed by atoms with E-state index in [0.29, 0.717) is 24.1 Å². The zero-order valence-electron chi connectivity index (χ0n) is 18.7. The highest BCUT2D eigenvalue weighted by Gasteiger charge is 2.28. The molecule has 0 saturated carbocycles. The van der Waals surface area contributed by atoms with Gasteiger partial charge in [-0.2, -0.15) is 5.26 Å². The van der Waals surface area contributed by atoms with E-state index in [-0.39, 0.29) is 40.8 Å². The van der Waals surface area contributed by atoms with E-state index in [1.165, 1.54) is 18.2 Å². The lowest BCUT2D eigenvalue weighted by Gasteiger charge is -2.20. The predicted octanol–water partition coefficient (Wildman–Crippen LogP) is 0.665. The van der Waals surface area contributed by atoms with Gasteiger partial charge in [0.05, 0.1) is 41.5 Å². The maximum atomic E-state index is 13.0. The van der Waals surface area contributed by atoms with Crippen LogP contribution >= 0.6 is 0 Å². The fourth-order valence-corrected chi connectivity index (χ4v) is 3.47. The lowest BCUT2D eigenvalue weighted by Crippen LogP contribution is -2.42. The highest BCUT2D eigenvalue weighted by atomic mass is 16.6. The number of aryl methyl sites for hydroxylation is 1. The number of nitrogens with zero attached hydrogens (tertiary/aromatic N) is 2. The zero-order chi connectivity index (χ0) is 26.4. The lowest BCUT2D eigenvalue weighted by molar-refractivity contribution is -0.145. The van der Waals surface area contributed by atoms with Gasteiger partial charge in [0.25, 0.3) is 5.91 Å². The first-order chi connectivity index (χ1) is 17.1. The Morgan fingerprint density at radius 3 is 2.58 bits per heavy atom. The van der Waals surface area contributed by atoms with Crippen LogP contribution in [-0.2, 0) is 16.0 Å². The number of nitriles is 1. The summed E-state index contributed by atoms with van der Waals surface area (Å²) < 4.78 is 11.2. The fraction of sp³-hybridized carbons (Fsp3) is 0.217. The molecule has 0 spiro atoms. The Hall–Kier alpha value is -5.12. The van der Waals surface area contributed by atoms with Gasteiger partial charge in [-0.15, -0.1) is 0 Å². The number of carbonyl (C=O) groups is 4. The second-order valence-electron chi connectivity index (χ2n) is 7.64. The molecule has 1 amide bonds. The summed E-state index contributed by atoms with van der Waals surface area (Å²) in [6.07, 6.45) is -0.121. The van der Waals surface area contributed by atoms with Crippen molar-refractivity contribution < 1.29 is 38.9 Å². The number of hydrogen-bond acceptors (Lipinski definition) is 8. The van der Waals surface area contributed by atoms with Gasteiger partial charge in [0.15, 0.2) is 17.5 Å². The minimum absolute atomic E-state index is 0.0557. The summed E-state index contributed by atoms with van der Waals surface area (Å²) in [4.78, 5) is 52.2. The molecule has 1 heterocycles. The molecule has 2 aromatic carbocycles. The molecule has 0 bridgehead atoms. The highest BCUT2D eigenvalue weighted by molar-refractivity contribution is 6.01. The Balaban J connectivity index is 2.02. The molecule has 13 nitrogen and oxygen atoms in total. The monoisotopic (exact) mass is 495 g/mol. The number of amides is 1. The molecular formula is C23H21N5O8.